The van der Waals surface area contributed by atoms with Crippen LogP contribution in [0.25, 0.3) is 0 Å². The molecule has 0 aromatic heterocycles. The average Bonchev–Trinajstić information content (AvgIpc) is 2.73. The maximum absolute atomic E-state index is 11.2. The van der Waals surface area contributed by atoms with Crippen LogP contribution in [-0.4, -0.2) is 26.3 Å². The summed E-state index contributed by atoms with van der Waals surface area (Å²) in [5.41, 5.74) is 0. The van der Waals surface area contributed by atoms with Crippen molar-refractivity contribution in [2.24, 2.45) is 5.92 Å². The molecular formula is C10H14N2O2S. The predicted molar refractivity (Wildman–Crippen MR) is 56.6 cm³/mol. The molecule has 0 aromatic carbocycles. The van der Waals surface area contributed by atoms with Crippen LogP contribution in [0.1, 0.15) is 19.3 Å². The van der Waals surface area contributed by atoms with Gasteiger partial charge in [0, 0.05) is 17.5 Å². The van der Waals surface area contributed by atoms with Crippen LogP contribution in [0.5, 0.6) is 0 Å². The molecule has 1 aliphatic heterocycles. The van der Waals surface area contributed by atoms with Crippen molar-refractivity contribution in [3.8, 4) is 6.07 Å². The summed E-state index contributed by atoms with van der Waals surface area (Å²) in [7, 11) is -2.99. The Morgan fingerprint density at radius 3 is 2.80 bits per heavy atom. The first-order chi connectivity index (χ1) is 7.11. The molecule has 4 nitrogen and oxygen atoms in total. The molecule has 2 aliphatic rings. The summed E-state index contributed by atoms with van der Waals surface area (Å²) in [6.45, 7) is 0. The SMILES string of the molecule is N#CC1CCCC1NC1C=CS(=O)(=O)C1. The summed E-state index contributed by atoms with van der Waals surface area (Å²) in [4.78, 5) is 0. The molecule has 0 spiro atoms. The monoisotopic (exact) mass is 226 g/mol. The lowest BCUT2D eigenvalue weighted by Crippen LogP contribution is -2.40. The van der Waals surface area contributed by atoms with Gasteiger partial charge < -0.3 is 5.32 Å². The van der Waals surface area contributed by atoms with Crippen molar-refractivity contribution in [2.75, 3.05) is 5.75 Å². The molecule has 1 aliphatic carbocycles. The van der Waals surface area contributed by atoms with Crippen molar-refractivity contribution in [2.45, 2.75) is 31.3 Å². The van der Waals surface area contributed by atoms with Gasteiger partial charge in [-0.25, -0.2) is 8.42 Å². The van der Waals surface area contributed by atoms with Gasteiger partial charge in [0.05, 0.1) is 17.7 Å². The van der Waals surface area contributed by atoms with Crippen LogP contribution in [-0.2, 0) is 9.84 Å². The fourth-order valence-corrected chi connectivity index (χ4v) is 3.52. The zero-order valence-corrected chi connectivity index (χ0v) is 9.20. The number of sulfone groups is 1. The molecule has 3 atom stereocenters. The van der Waals surface area contributed by atoms with Gasteiger partial charge in [-0.2, -0.15) is 5.26 Å². The van der Waals surface area contributed by atoms with Crippen molar-refractivity contribution in [3.05, 3.63) is 11.5 Å². The van der Waals surface area contributed by atoms with E-state index in [0.29, 0.717) is 0 Å². The van der Waals surface area contributed by atoms with Crippen LogP contribution in [0.4, 0.5) is 0 Å². The molecule has 0 saturated heterocycles. The average molecular weight is 226 g/mol. The second kappa shape index (κ2) is 3.95. The van der Waals surface area contributed by atoms with Gasteiger partial charge >= 0.3 is 0 Å². The highest BCUT2D eigenvalue weighted by molar-refractivity contribution is 7.94. The minimum Gasteiger partial charge on any atom is -0.305 e. The standard InChI is InChI=1S/C10H14N2O2S/c11-6-8-2-1-3-10(8)12-9-4-5-15(13,14)7-9/h4-5,8-10,12H,1-3,7H2. The van der Waals surface area contributed by atoms with E-state index in [4.69, 9.17) is 5.26 Å². The molecular weight excluding hydrogens is 212 g/mol. The molecule has 0 aromatic rings. The minimum atomic E-state index is -2.99. The van der Waals surface area contributed by atoms with Crippen LogP contribution in [0.15, 0.2) is 11.5 Å². The Hall–Kier alpha value is -0.860. The number of rotatable bonds is 2. The van der Waals surface area contributed by atoms with E-state index in [9.17, 15) is 8.42 Å². The summed E-state index contributed by atoms with van der Waals surface area (Å²) in [5.74, 6) is 0.184. The van der Waals surface area contributed by atoms with Crippen molar-refractivity contribution >= 4 is 9.84 Å². The largest absolute Gasteiger partial charge is 0.305 e. The first kappa shape index (κ1) is 10.7. The summed E-state index contributed by atoms with van der Waals surface area (Å²) in [5, 5.41) is 13.4. The van der Waals surface area contributed by atoms with Crippen molar-refractivity contribution < 1.29 is 8.42 Å². The van der Waals surface area contributed by atoms with E-state index in [1.165, 1.54) is 5.41 Å². The smallest absolute Gasteiger partial charge is 0.173 e. The molecule has 1 fully saturated rings. The van der Waals surface area contributed by atoms with Crippen LogP contribution in [0, 0.1) is 17.2 Å². The molecule has 1 heterocycles. The molecule has 82 valence electrons. The lowest BCUT2D eigenvalue weighted by molar-refractivity contribution is 0.445. The topological polar surface area (TPSA) is 70.0 Å². The fourth-order valence-electron chi connectivity index (χ4n) is 2.27. The number of hydrogen-bond acceptors (Lipinski definition) is 4. The van der Waals surface area contributed by atoms with E-state index in [0.717, 1.165) is 19.3 Å². The third-order valence-corrected chi connectivity index (χ3v) is 4.44. The molecule has 3 unspecified atom stereocenters. The highest BCUT2D eigenvalue weighted by atomic mass is 32.2. The maximum Gasteiger partial charge on any atom is 0.173 e. The van der Waals surface area contributed by atoms with Gasteiger partial charge in [-0.3, -0.25) is 0 Å². The highest BCUT2D eigenvalue weighted by Crippen LogP contribution is 2.26. The normalized spacial score (nSPS) is 37.9. The van der Waals surface area contributed by atoms with E-state index < -0.39 is 9.84 Å². The zero-order chi connectivity index (χ0) is 10.9. The number of nitrogens with one attached hydrogen (secondary N) is 1. The Labute approximate surface area is 89.9 Å². The Morgan fingerprint density at radius 2 is 2.20 bits per heavy atom. The highest BCUT2D eigenvalue weighted by Gasteiger charge is 2.31. The van der Waals surface area contributed by atoms with Crippen LogP contribution < -0.4 is 5.32 Å². The molecule has 15 heavy (non-hydrogen) atoms. The van der Waals surface area contributed by atoms with Crippen LogP contribution in [0.2, 0.25) is 0 Å². The second-order valence-corrected chi connectivity index (χ2v) is 6.14. The summed E-state index contributed by atoms with van der Waals surface area (Å²) >= 11 is 0. The van der Waals surface area contributed by atoms with E-state index in [2.05, 4.69) is 11.4 Å². The first-order valence-corrected chi connectivity index (χ1v) is 6.89. The molecule has 2 rings (SSSR count). The van der Waals surface area contributed by atoms with E-state index >= 15 is 0 Å². The molecule has 0 bridgehead atoms. The Morgan fingerprint density at radius 1 is 1.40 bits per heavy atom. The van der Waals surface area contributed by atoms with Crippen LogP contribution >= 0.6 is 0 Å². The molecule has 0 radical (unpaired) electrons. The zero-order valence-electron chi connectivity index (χ0n) is 8.39. The lowest BCUT2D eigenvalue weighted by atomic mass is 10.1. The quantitative estimate of drug-likeness (QED) is 0.747. The van der Waals surface area contributed by atoms with E-state index in [1.807, 2.05) is 0 Å². The first-order valence-electron chi connectivity index (χ1n) is 5.17. The van der Waals surface area contributed by atoms with Gasteiger partial charge in [0.15, 0.2) is 9.84 Å². The van der Waals surface area contributed by atoms with Crippen molar-refractivity contribution in [3.63, 3.8) is 0 Å². The molecule has 1 N–H and O–H groups in total. The van der Waals surface area contributed by atoms with Gasteiger partial charge in [-0.15, -0.1) is 0 Å². The Balaban J connectivity index is 1.94. The summed E-state index contributed by atoms with van der Waals surface area (Å²) in [6.07, 6.45) is 4.64. The van der Waals surface area contributed by atoms with Gasteiger partial charge in [0.1, 0.15) is 0 Å². The predicted octanol–water partition coefficient (Wildman–Crippen LogP) is 0.579. The number of nitriles is 1. The minimum absolute atomic E-state index is 0.0432. The molecule has 0 amide bonds. The molecule has 1 saturated carbocycles. The maximum atomic E-state index is 11.2. The number of hydrogen-bond donors (Lipinski definition) is 1. The van der Waals surface area contributed by atoms with E-state index in [-0.39, 0.29) is 23.8 Å². The summed E-state index contributed by atoms with van der Waals surface area (Å²) in [6, 6.07) is 2.33. The Kier molecular flexibility index (Phi) is 2.81. The van der Waals surface area contributed by atoms with Crippen molar-refractivity contribution in [1.82, 2.24) is 5.32 Å². The number of nitrogens with zero attached hydrogens (tertiary/aromatic N) is 1. The molecule has 5 heteroatoms. The van der Waals surface area contributed by atoms with Gasteiger partial charge in [-0.05, 0) is 12.8 Å². The van der Waals surface area contributed by atoms with Gasteiger partial charge in [-0.1, -0.05) is 12.5 Å². The lowest BCUT2D eigenvalue weighted by Gasteiger charge is -2.19. The second-order valence-electron chi connectivity index (χ2n) is 4.20. The van der Waals surface area contributed by atoms with Gasteiger partial charge in [0.2, 0.25) is 0 Å². The Bertz CT molecular complexity index is 408. The summed E-state index contributed by atoms with van der Waals surface area (Å²) < 4.78 is 22.3. The third kappa shape index (κ3) is 2.39. The fraction of sp³-hybridized carbons (Fsp3) is 0.700. The van der Waals surface area contributed by atoms with Crippen molar-refractivity contribution in [1.29, 1.82) is 5.26 Å². The third-order valence-electron chi connectivity index (χ3n) is 3.04. The van der Waals surface area contributed by atoms with E-state index in [1.54, 1.807) is 6.08 Å². The van der Waals surface area contributed by atoms with Gasteiger partial charge in [0.25, 0.3) is 0 Å². The van der Waals surface area contributed by atoms with Crippen LogP contribution in [0.3, 0.4) is 0 Å².